The summed E-state index contributed by atoms with van der Waals surface area (Å²) in [4.78, 5) is 24.2. The van der Waals surface area contributed by atoms with E-state index in [2.05, 4.69) is 10.0 Å². The molecule has 108 valence electrons. The highest BCUT2D eigenvalue weighted by atomic mass is 32.2. The topological polar surface area (TPSA) is 95.6 Å². The van der Waals surface area contributed by atoms with Crippen molar-refractivity contribution in [2.75, 3.05) is 17.5 Å². The molecule has 7 nitrogen and oxygen atoms in total. The Morgan fingerprint density at radius 2 is 1.85 bits per heavy atom. The molecule has 2 rings (SSSR count). The molecule has 1 unspecified atom stereocenters. The summed E-state index contributed by atoms with van der Waals surface area (Å²) in [5.41, 5.74) is 1.02. The van der Waals surface area contributed by atoms with Gasteiger partial charge in [0.1, 0.15) is 6.04 Å². The molecule has 1 heterocycles. The number of sulfonamides is 1. The molecule has 0 aliphatic carbocycles. The summed E-state index contributed by atoms with van der Waals surface area (Å²) in [6.45, 7) is 1.54. The van der Waals surface area contributed by atoms with E-state index >= 15 is 0 Å². The lowest BCUT2D eigenvalue weighted by Crippen LogP contribution is -2.25. The standard InChI is InChI=1S/C12H15N3O4S/c1-3-20(18,19)14-9-6-4-8(5-7-9)10-11(16)15(2)12(17)13-10/h4-7,10,14H,3H2,1-2H3,(H,13,17). The SMILES string of the molecule is CCS(=O)(=O)Nc1ccc(C2NC(=O)N(C)C2=O)cc1. The van der Waals surface area contributed by atoms with E-state index in [-0.39, 0.29) is 11.7 Å². The van der Waals surface area contributed by atoms with Gasteiger partial charge in [0.05, 0.1) is 5.75 Å². The number of carbonyl (C=O) groups excluding carboxylic acids is 2. The fraction of sp³-hybridized carbons (Fsp3) is 0.333. The van der Waals surface area contributed by atoms with Crippen LogP contribution in [0.1, 0.15) is 18.5 Å². The highest BCUT2D eigenvalue weighted by Crippen LogP contribution is 2.22. The Morgan fingerprint density at radius 3 is 2.30 bits per heavy atom. The monoisotopic (exact) mass is 297 g/mol. The molecule has 1 aromatic carbocycles. The molecule has 0 radical (unpaired) electrons. The molecule has 2 N–H and O–H groups in total. The zero-order valence-corrected chi connectivity index (χ0v) is 11.9. The van der Waals surface area contributed by atoms with Gasteiger partial charge in [-0.05, 0) is 24.6 Å². The maximum Gasteiger partial charge on any atom is 0.324 e. The third-order valence-electron chi connectivity index (χ3n) is 3.05. The average Bonchev–Trinajstić information content (AvgIpc) is 2.67. The van der Waals surface area contributed by atoms with Crippen LogP contribution in [-0.2, 0) is 14.8 Å². The van der Waals surface area contributed by atoms with E-state index in [0.29, 0.717) is 11.3 Å². The van der Waals surface area contributed by atoms with Crippen molar-refractivity contribution in [1.29, 1.82) is 0 Å². The van der Waals surface area contributed by atoms with Crippen LogP contribution in [-0.4, -0.2) is 38.1 Å². The van der Waals surface area contributed by atoms with E-state index in [4.69, 9.17) is 0 Å². The Labute approximate surface area is 117 Å². The largest absolute Gasteiger partial charge is 0.324 e. The van der Waals surface area contributed by atoms with Crippen molar-refractivity contribution in [3.63, 3.8) is 0 Å². The predicted molar refractivity (Wildman–Crippen MR) is 73.6 cm³/mol. The summed E-state index contributed by atoms with van der Waals surface area (Å²) in [6.07, 6.45) is 0. The number of anilines is 1. The molecule has 0 saturated carbocycles. The number of nitrogens with zero attached hydrogens (tertiary/aromatic N) is 1. The van der Waals surface area contributed by atoms with Crippen LogP contribution in [0.2, 0.25) is 0 Å². The summed E-state index contributed by atoms with van der Waals surface area (Å²) in [7, 11) is -1.92. The first-order valence-corrected chi connectivity index (χ1v) is 7.68. The molecule has 20 heavy (non-hydrogen) atoms. The lowest BCUT2D eigenvalue weighted by molar-refractivity contribution is -0.126. The summed E-state index contributed by atoms with van der Waals surface area (Å²) < 4.78 is 25.2. The third-order valence-corrected chi connectivity index (χ3v) is 4.35. The smallest absolute Gasteiger partial charge is 0.322 e. The van der Waals surface area contributed by atoms with Crippen LogP contribution in [0.25, 0.3) is 0 Å². The first kappa shape index (κ1) is 14.3. The maximum atomic E-state index is 11.8. The van der Waals surface area contributed by atoms with Gasteiger partial charge in [0.15, 0.2) is 0 Å². The number of hydrogen-bond acceptors (Lipinski definition) is 4. The number of urea groups is 1. The number of amides is 3. The quantitative estimate of drug-likeness (QED) is 0.798. The first-order chi connectivity index (χ1) is 9.34. The van der Waals surface area contributed by atoms with Crippen LogP contribution >= 0.6 is 0 Å². The van der Waals surface area contributed by atoms with Crippen LogP contribution < -0.4 is 10.0 Å². The molecule has 1 atom stereocenters. The van der Waals surface area contributed by atoms with Crippen LogP contribution in [0.3, 0.4) is 0 Å². The van der Waals surface area contributed by atoms with E-state index in [1.165, 1.54) is 7.05 Å². The maximum absolute atomic E-state index is 11.8. The third kappa shape index (κ3) is 2.74. The summed E-state index contributed by atoms with van der Waals surface area (Å²) in [5.74, 6) is -0.353. The molecule has 3 amide bonds. The van der Waals surface area contributed by atoms with Gasteiger partial charge in [-0.25, -0.2) is 13.2 Å². The van der Waals surface area contributed by atoms with Crippen LogP contribution in [0.5, 0.6) is 0 Å². The van der Waals surface area contributed by atoms with Crippen molar-refractivity contribution >= 4 is 27.6 Å². The molecule has 0 bridgehead atoms. The predicted octanol–water partition coefficient (Wildman–Crippen LogP) is 0.671. The molecule has 8 heteroatoms. The minimum atomic E-state index is -3.33. The van der Waals surface area contributed by atoms with E-state index in [9.17, 15) is 18.0 Å². The molecule has 0 aromatic heterocycles. The van der Waals surface area contributed by atoms with Crippen molar-refractivity contribution in [2.24, 2.45) is 0 Å². The average molecular weight is 297 g/mol. The fourth-order valence-electron chi connectivity index (χ4n) is 1.80. The van der Waals surface area contributed by atoms with Gasteiger partial charge in [-0.2, -0.15) is 0 Å². The Kier molecular flexibility index (Phi) is 3.67. The van der Waals surface area contributed by atoms with E-state index in [1.54, 1.807) is 31.2 Å². The highest BCUT2D eigenvalue weighted by molar-refractivity contribution is 7.92. The van der Waals surface area contributed by atoms with Gasteiger partial charge in [-0.15, -0.1) is 0 Å². The molecule has 0 spiro atoms. The van der Waals surface area contributed by atoms with E-state index in [1.807, 2.05) is 0 Å². The van der Waals surface area contributed by atoms with Gasteiger partial charge in [-0.1, -0.05) is 12.1 Å². The molecular weight excluding hydrogens is 282 g/mol. The number of hydrogen-bond donors (Lipinski definition) is 2. The second-order valence-corrected chi connectivity index (χ2v) is 6.42. The van der Waals surface area contributed by atoms with Gasteiger partial charge in [-0.3, -0.25) is 14.4 Å². The van der Waals surface area contributed by atoms with Crippen molar-refractivity contribution < 1.29 is 18.0 Å². The Morgan fingerprint density at radius 1 is 1.25 bits per heavy atom. The minimum absolute atomic E-state index is 0.0171. The number of carbonyl (C=O) groups is 2. The zero-order valence-electron chi connectivity index (χ0n) is 11.1. The van der Waals surface area contributed by atoms with Crippen molar-refractivity contribution in [3.05, 3.63) is 29.8 Å². The van der Waals surface area contributed by atoms with E-state index < -0.39 is 22.1 Å². The fourth-order valence-corrected chi connectivity index (χ4v) is 2.44. The number of imide groups is 1. The van der Waals surface area contributed by atoms with Gasteiger partial charge < -0.3 is 5.32 Å². The lowest BCUT2D eigenvalue weighted by atomic mass is 10.1. The molecule has 1 aliphatic heterocycles. The normalized spacial score (nSPS) is 19.1. The van der Waals surface area contributed by atoms with E-state index in [0.717, 1.165) is 4.90 Å². The lowest BCUT2D eigenvalue weighted by Gasteiger charge is -2.10. The highest BCUT2D eigenvalue weighted by Gasteiger charge is 2.36. The molecular formula is C12H15N3O4S. The summed E-state index contributed by atoms with van der Waals surface area (Å²) in [5, 5.41) is 2.55. The number of benzene rings is 1. The van der Waals surface area contributed by atoms with Crippen LogP contribution in [0.15, 0.2) is 24.3 Å². The van der Waals surface area contributed by atoms with Gasteiger partial charge in [0.2, 0.25) is 10.0 Å². The van der Waals surface area contributed by atoms with Crippen LogP contribution in [0, 0.1) is 0 Å². The zero-order chi connectivity index (χ0) is 14.9. The molecule has 1 fully saturated rings. The Bertz CT molecular complexity index is 639. The summed E-state index contributed by atoms with van der Waals surface area (Å²) >= 11 is 0. The minimum Gasteiger partial charge on any atom is -0.322 e. The Balaban J connectivity index is 2.17. The second-order valence-electron chi connectivity index (χ2n) is 4.41. The van der Waals surface area contributed by atoms with Gasteiger partial charge >= 0.3 is 6.03 Å². The van der Waals surface area contributed by atoms with Crippen LogP contribution in [0.4, 0.5) is 10.5 Å². The van der Waals surface area contributed by atoms with Crippen molar-refractivity contribution in [2.45, 2.75) is 13.0 Å². The molecule has 1 aromatic rings. The number of likely N-dealkylation sites (N-methyl/N-ethyl adjacent to an activating group) is 1. The Hall–Kier alpha value is -2.09. The van der Waals surface area contributed by atoms with Crippen molar-refractivity contribution in [3.8, 4) is 0 Å². The number of nitrogens with one attached hydrogen (secondary N) is 2. The first-order valence-electron chi connectivity index (χ1n) is 6.02. The molecule has 1 aliphatic rings. The number of rotatable bonds is 4. The summed E-state index contributed by atoms with van der Waals surface area (Å²) in [6, 6.07) is 5.16. The second kappa shape index (κ2) is 5.12. The van der Waals surface area contributed by atoms with Gasteiger partial charge in [0.25, 0.3) is 5.91 Å². The van der Waals surface area contributed by atoms with Gasteiger partial charge in [0, 0.05) is 12.7 Å². The molecule has 1 saturated heterocycles. The van der Waals surface area contributed by atoms with Crippen molar-refractivity contribution in [1.82, 2.24) is 10.2 Å².